The molecule has 0 fully saturated rings. The molecule has 0 spiro atoms. The summed E-state index contributed by atoms with van der Waals surface area (Å²) < 4.78 is 238. The molecule has 0 atom stereocenters. The van der Waals surface area contributed by atoms with Gasteiger partial charge in [0, 0.05) is 10.8 Å². The number of fused-ring (bicyclic) bond motifs is 6. The van der Waals surface area contributed by atoms with Crippen molar-refractivity contribution in [2.45, 2.75) is 0 Å². The minimum Gasteiger partial charge on any atom is -0.456 e. The predicted octanol–water partition coefficient (Wildman–Crippen LogP) is 12.0. The van der Waals surface area contributed by atoms with E-state index >= 15 is 0 Å². The smallest absolute Gasteiger partial charge is 0.136 e. The van der Waals surface area contributed by atoms with Crippen molar-refractivity contribution in [3.8, 4) is 33.4 Å². The SMILES string of the molecule is [2H]c1c([2H])c([2H])c(-c2c3c([2H])c([2H])c([2H])c([2H])c3c(-c3c([2H])c([2H])c4c(oc5c([2H])c([2H])c([2H])c([2H])c54)c3[2H])c3c([2H])c(-c4c([2H])c([2H])c5c([2H])c([2H])c([2H])c([2H])c5c4[2H])c([2H])c([2H])c23)c([2H])c1[2H]. The van der Waals surface area contributed by atoms with Crippen molar-refractivity contribution in [3.63, 3.8) is 0 Å². The molecular weight excluding hydrogens is 520 g/mol. The molecule has 0 N–H and O–H groups in total. The topological polar surface area (TPSA) is 13.1 Å². The molecule has 43 heavy (non-hydrogen) atoms. The van der Waals surface area contributed by atoms with E-state index in [0.29, 0.717) is 0 Å². The third-order valence-electron chi connectivity index (χ3n) is 6.89. The maximum atomic E-state index is 10.0. The molecule has 1 aromatic heterocycles. The van der Waals surface area contributed by atoms with E-state index in [2.05, 4.69) is 0 Å². The highest BCUT2D eigenvalue weighted by atomic mass is 16.3. The summed E-state index contributed by atoms with van der Waals surface area (Å²) in [6.45, 7) is 0. The normalized spacial score (nSPS) is 20.2. The standard InChI is InChI=1S/C42H26O/c1-2-11-28(12-3-1)41-35-15-6-7-16-36(35)42(32-21-22-34-33-14-8-9-17-39(33)43-40(34)26-32)38-25-31(20-23-37(38)41)30-19-18-27-10-4-5-13-29(27)24-30/h1-26H/i1D,2D,3D,4D,5D,6D,7D,8D,9D,10D,11D,12D,13D,14D,15D,16D,17D,18D,19D,20D,21D,22D,23D,24D,25D,26D. The Labute approximate surface area is 285 Å². The quantitative estimate of drug-likeness (QED) is 0.192. The largest absolute Gasteiger partial charge is 0.456 e. The summed E-state index contributed by atoms with van der Waals surface area (Å²) in [6.07, 6.45) is 0. The van der Waals surface area contributed by atoms with E-state index in [0.717, 1.165) is 0 Å². The number of benzene rings is 8. The number of hydrogen-bond acceptors (Lipinski definition) is 1. The zero-order valence-electron chi connectivity index (χ0n) is 47.4. The first-order chi connectivity index (χ1) is 32.2. The third kappa shape index (κ3) is 3.79. The number of rotatable bonds is 3. The van der Waals surface area contributed by atoms with E-state index in [9.17, 15) is 12.3 Å². The van der Waals surface area contributed by atoms with Gasteiger partial charge in [-0.2, -0.15) is 0 Å². The van der Waals surface area contributed by atoms with Crippen LogP contribution in [0.5, 0.6) is 0 Å². The third-order valence-corrected chi connectivity index (χ3v) is 6.89. The summed E-state index contributed by atoms with van der Waals surface area (Å²) >= 11 is 0. The van der Waals surface area contributed by atoms with Gasteiger partial charge in [0.1, 0.15) is 11.2 Å². The van der Waals surface area contributed by atoms with Crippen molar-refractivity contribution in [1.82, 2.24) is 0 Å². The lowest BCUT2D eigenvalue weighted by Crippen LogP contribution is -1.91. The highest BCUT2D eigenvalue weighted by molar-refractivity contribution is 6.22. The van der Waals surface area contributed by atoms with Crippen LogP contribution in [0.15, 0.2) is 162 Å². The van der Waals surface area contributed by atoms with Crippen LogP contribution in [0, 0.1) is 0 Å². The van der Waals surface area contributed by atoms with Crippen LogP contribution in [0.1, 0.15) is 35.6 Å². The van der Waals surface area contributed by atoms with Gasteiger partial charge in [0.15, 0.2) is 0 Å². The summed E-state index contributed by atoms with van der Waals surface area (Å²) in [7, 11) is 0. The van der Waals surface area contributed by atoms with Gasteiger partial charge in [-0.15, -0.1) is 0 Å². The maximum Gasteiger partial charge on any atom is 0.136 e. The van der Waals surface area contributed by atoms with Gasteiger partial charge in [-0.05, 0) is 95.9 Å². The van der Waals surface area contributed by atoms with Gasteiger partial charge in [0.25, 0.3) is 0 Å². The highest BCUT2D eigenvalue weighted by Crippen LogP contribution is 2.45. The van der Waals surface area contributed by atoms with Gasteiger partial charge >= 0.3 is 0 Å². The Morgan fingerprint density at radius 2 is 0.884 bits per heavy atom. The average molecular weight is 573 g/mol. The van der Waals surface area contributed by atoms with Crippen LogP contribution in [-0.4, -0.2) is 0 Å². The van der Waals surface area contributed by atoms with Crippen LogP contribution < -0.4 is 0 Å². The van der Waals surface area contributed by atoms with Crippen LogP contribution in [-0.2, 0) is 0 Å². The molecule has 0 bridgehead atoms. The highest BCUT2D eigenvalue weighted by Gasteiger charge is 2.18. The molecule has 1 nitrogen and oxygen atoms in total. The van der Waals surface area contributed by atoms with Gasteiger partial charge in [-0.1, -0.05) is 127 Å². The van der Waals surface area contributed by atoms with E-state index in [1.54, 1.807) is 0 Å². The number of para-hydroxylation sites is 1. The van der Waals surface area contributed by atoms with Crippen molar-refractivity contribution in [2.75, 3.05) is 0 Å². The molecule has 9 aromatic rings. The summed E-state index contributed by atoms with van der Waals surface area (Å²) in [6, 6.07) is -23.7. The van der Waals surface area contributed by atoms with Crippen LogP contribution in [0.4, 0.5) is 0 Å². The predicted molar refractivity (Wildman–Crippen MR) is 183 cm³/mol. The molecule has 1 heteroatoms. The minimum absolute atomic E-state index is 0.398. The fourth-order valence-corrected chi connectivity index (χ4v) is 5.05. The molecule has 0 amide bonds. The van der Waals surface area contributed by atoms with E-state index in [1.165, 1.54) is 0 Å². The van der Waals surface area contributed by atoms with Crippen LogP contribution in [0.2, 0.25) is 0 Å². The Morgan fingerprint density at radius 3 is 1.72 bits per heavy atom. The minimum atomic E-state index is -1.07. The lowest BCUT2D eigenvalue weighted by molar-refractivity contribution is 0.669. The molecule has 0 saturated heterocycles. The summed E-state index contributed by atoms with van der Waals surface area (Å²) in [4.78, 5) is 0. The number of hydrogen-bond donors (Lipinski definition) is 0. The van der Waals surface area contributed by atoms with E-state index < -0.39 is 245 Å². The van der Waals surface area contributed by atoms with Crippen molar-refractivity contribution in [1.29, 1.82) is 0 Å². The molecule has 0 saturated carbocycles. The maximum absolute atomic E-state index is 10.0. The first kappa shape index (κ1) is 9.69. The molecule has 200 valence electrons. The first-order valence-corrected chi connectivity index (χ1v) is 12.7. The Hall–Kier alpha value is -5.66. The molecule has 1 heterocycles. The lowest BCUT2D eigenvalue weighted by Gasteiger charge is -2.19. The molecule has 0 aliphatic carbocycles. The Bertz CT molecular complexity index is 3940. The Kier molecular flexibility index (Phi) is 2.13. The molecule has 0 aliphatic heterocycles. The van der Waals surface area contributed by atoms with Crippen molar-refractivity contribution in [3.05, 3.63) is 157 Å². The molecule has 0 aliphatic rings. The average Bonchev–Trinajstić information content (AvgIpc) is 3.73. The molecule has 9 rings (SSSR count). The molecule has 8 aromatic carbocycles. The van der Waals surface area contributed by atoms with Crippen molar-refractivity contribution < 1.29 is 40.1 Å². The molecule has 0 radical (unpaired) electrons. The summed E-state index contributed by atoms with van der Waals surface area (Å²) in [5.41, 5.74) is -5.93. The fraction of sp³-hybridized carbons (Fsp3) is 0. The second kappa shape index (κ2) is 9.44. The monoisotopic (exact) mass is 572 g/mol. The van der Waals surface area contributed by atoms with Crippen molar-refractivity contribution in [2.24, 2.45) is 0 Å². The molecular formula is C42H26O. The zero-order chi connectivity index (χ0) is 51.0. The Morgan fingerprint density at radius 1 is 0.326 bits per heavy atom. The zero-order valence-corrected chi connectivity index (χ0v) is 21.4. The van der Waals surface area contributed by atoms with Crippen LogP contribution in [0.25, 0.3) is 87.6 Å². The molecule has 0 unspecified atom stereocenters. The van der Waals surface area contributed by atoms with Gasteiger partial charge in [0.05, 0.1) is 35.6 Å². The van der Waals surface area contributed by atoms with Gasteiger partial charge in [-0.3, -0.25) is 0 Å². The lowest BCUT2D eigenvalue weighted by atomic mass is 9.84. The fourth-order valence-electron chi connectivity index (χ4n) is 5.05. The van der Waals surface area contributed by atoms with Gasteiger partial charge in [-0.25, -0.2) is 0 Å². The summed E-state index contributed by atoms with van der Waals surface area (Å²) in [5, 5.41) is -5.05. The van der Waals surface area contributed by atoms with Gasteiger partial charge in [0.2, 0.25) is 0 Å². The van der Waals surface area contributed by atoms with E-state index in [1.807, 2.05) is 0 Å². The van der Waals surface area contributed by atoms with Crippen LogP contribution in [0.3, 0.4) is 0 Å². The van der Waals surface area contributed by atoms with E-state index in [-0.39, 0.29) is 0 Å². The van der Waals surface area contributed by atoms with Crippen LogP contribution >= 0.6 is 0 Å². The van der Waals surface area contributed by atoms with Crippen molar-refractivity contribution >= 4 is 54.3 Å². The summed E-state index contributed by atoms with van der Waals surface area (Å²) in [5.74, 6) is 0. The number of furan rings is 1. The van der Waals surface area contributed by atoms with Gasteiger partial charge < -0.3 is 4.42 Å². The first-order valence-electron chi connectivity index (χ1n) is 25.7. The van der Waals surface area contributed by atoms with E-state index in [4.69, 9.17) is 27.7 Å². The Balaban J connectivity index is 1.66. The second-order valence-corrected chi connectivity index (χ2v) is 9.26. The second-order valence-electron chi connectivity index (χ2n) is 9.26.